The van der Waals surface area contributed by atoms with Crippen LogP contribution in [0.25, 0.3) is 22.3 Å². The number of halogens is 1. The van der Waals surface area contributed by atoms with Crippen molar-refractivity contribution in [3.8, 4) is 11.4 Å². The molecule has 0 unspecified atom stereocenters. The van der Waals surface area contributed by atoms with Crippen LogP contribution in [0.15, 0.2) is 59.9 Å². The molecule has 0 aliphatic heterocycles. The van der Waals surface area contributed by atoms with Crippen LogP contribution in [-0.2, 0) is 0 Å². The summed E-state index contributed by atoms with van der Waals surface area (Å²) in [6.45, 7) is 2.12. The van der Waals surface area contributed by atoms with Crippen molar-refractivity contribution >= 4 is 22.7 Å². The van der Waals surface area contributed by atoms with Gasteiger partial charge in [-0.05, 0) is 43.5 Å². The lowest BCUT2D eigenvalue weighted by Crippen LogP contribution is -2.00. The molecule has 4 nitrogen and oxygen atoms in total. The number of H-pyrrole nitrogens is 1. The molecule has 2 aromatic carbocycles. The number of nitrogens with one attached hydrogen (secondary N) is 1. The molecule has 136 valence electrons. The van der Waals surface area contributed by atoms with E-state index in [2.05, 4.69) is 38.8 Å². The summed E-state index contributed by atoms with van der Waals surface area (Å²) in [7, 11) is 0. The Morgan fingerprint density at radius 2 is 1.89 bits per heavy atom. The second-order valence-electron chi connectivity index (χ2n) is 6.97. The number of hydrogen-bond acceptors (Lipinski definition) is 3. The van der Waals surface area contributed by atoms with E-state index in [0.717, 1.165) is 45.9 Å². The second-order valence-corrected chi connectivity index (χ2v) is 8.27. The highest BCUT2D eigenvalue weighted by Crippen LogP contribution is 2.44. The molecule has 1 atom stereocenters. The van der Waals surface area contributed by atoms with Crippen molar-refractivity contribution in [2.75, 3.05) is 0 Å². The number of rotatable bonds is 5. The summed E-state index contributed by atoms with van der Waals surface area (Å²) in [4.78, 5) is 3.33. The van der Waals surface area contributed by atoms with Crippen molar-refractivity contribution in [2.45, 2.75) is 36.2 Å². The van der Waals surface area contributed by atoms with E-state index in [1.807, 2.05) is 30.5 Å². The number of para-hydroxylation sites is 1. The second kappa shape index (κ2) is 6.53. The van der Waals surface area contributed by atoms with E-state index in [1.165, 1.54) is 12.1 Å². The van der Waals surface area contributed by atoms with Gasteiger partial charge in [-0.2, -0.15) is 0 Å². The molecule has 0 amide bonds. The van der Waals surface area contributed by atoms with Gasteiger partial charge in [-0.1, -0.05) is 42.1 Å². The summed E-state index contributed by atoms with van der Waals surface area (Å²) in [5, 5.41) is 11.3. The van der Waals surface area contributed by atoms with Gasteiger partial charge in [-0.25, -0.2) is 4.39 Å². The van der Waals surface area contributed by atoms with Crippen LogP contribution < -0.4 is 0 Å². The Morgan fingerprint density at radius 3 is 2.67 bits per heavy atom. The summed E-state index contributed by atoms with van der Waals surface area (Å²) in [5.74, 6) is 0.711. The first-order chi connectivity index (χ1) is 13.2. The van der Waals surface area contributed by atoms with Crippen molar-refractivity contribution in [3.05, 3.63) is 66.1 Å². The fourth-order valence-electron chi connectivity index (χ4n) is 3.42. The van der Waals surface area contributed by atoms with E-state index in [-0.39, 0.29) is 11.1 Å². The third kappa shape index (κ3) is 3.04. The summed E-state index contributed by atoms with van der Waals surface area (Å²) >= 11 is 1.68. The maximum absolute atomic E-state index is 13.2. The van der Waals surface area contributed by atoms with Crippen LogP contribution in [0.4, 0.5) is 4.39 Å². The minimum atomic E-state index is -0.210. The Kier molecular flexibility index (Phi) is 4.01. The van der Waals surface area contributed by atoms with Crippen LogP contribution in [0.1, 0.15) is 36.6 Å². The fourth-order valence-corrected chi connectivity index (χ4v) is 4.47. The van der Waals surface area contributed by atoms with Crippen LogP contribution in [0.5, 0.6) is 0 Å². The molecular weight excluding hydrogens is 359 g/mol. The van der Waals surface area contributed by atoms with Crippen LogP contribution in [0, 0.1) is 5.82 Å². The van der Waals surface area contributed by atoms with Gasteiger partial charge in [0.05, 0.1) is 0 Å². The van der Waals surface area contributed by atoms with Gasteiger partial charge < -0.3 is 4.98 Å². The first kappa shape index (κ1) is 16.6. The highest BCUT2D eigenvalue weighted by atomic mass is 32.2. The zero-order valence-corrected chi connectivity index (χ0v) is 15.7. The van der Waals surface area contributed by atoms with E-state index in [4.69, 9.17) is 0 Å². The Hall–Kier alpha value is -2.60. The molecule has 0 spiro atoms. The predicted octanol–water partition coefficient (Wildman–Crippen LogP) is 5.75. The molecule has 27 heavy (non-hydrogen) atoms. The van der Waals surface area contributed by atoms with E-state index in [9.17, 15) is 4.39 Å². The van der Waals surface area contributed by atoms with Crippen molar-refractivity contribution in [2.24, 2.45) is 0 Å². The topological polar surface area (TPSA) is 46.5 Å². The molecule has 1 aliphatic carbocycles. The monoisotopic (exact) mass is 378 g/mol. The van der Waals surface area contributed by atoms with E-state index >= 15 is 0 Å². The van der Waals surface area contributed by atoms with Gasteiger partial charge in [0, 0.05) is 34.0 Å². The molecule has 0 bridgehead atoms. The number of aromatic nitrogens is 4. The average Bonchev–Trinajstić information content (AvgIpc) is 3.30. The molecule has 2 heterocycles. The first-order valence-electron chi connectivity index (χ1n) is 9.14. The Bertz CT molecular complexity index is 1100. The van der Waals surface area contributed by atoms with Crippen molar-refractivity contribution in [1.82, 2.24) is 19.7 Å². The van der Waals surface area contributed by atoms with E-state index in [0.29, 0.717) is 6.04 Å². The summed E-state index contributed by atoms with van der Waals surface area (Å²) in [5.41, 5.74) is 3.28. The number of nitrogens with zero attached hydrogens (tertiary/aromatic N) is 3. The standard InChI is InChI=1S/C21H19FN4S/c1-13(14-6-8-15(22)9-7-14)27-21-25-24-20(26(21)16-10-11-16)18-12-23-19-5-3-2-4-17(18)19/h2-9,12-13,16,23H,10-11H2,1H3/t13-/m1/s1. The number of thioether (sulfide) groups is 1. The van der Waals surface area contributed by atoms with Gasteiger partial charge in [0.1, 0.15) is 5.82 Å². The third-order valence-corrected chi connectivity index (χ3v) is 6.14. The Labute approximate surface area is 160 Å². The van der Waals surface area contributed by atoms with Gasteiger partial charge in [-0.3, -0.25) is 4.57 Å². The molecule has 5 rings (SSSR count). The maximum Gasteiger partial charge on any atom is 0.192 e. The van der Waals surface area contributed by atoms with Crippen molar-refractivity contribution in [1.29, 1.82) is 0 Å². The molecular formula is C21H19FN4S. The Balaban J connectivity index is 1.52. The van der Waals surface area contributed by atoms with Crippen LogP contribution in [-0.4, -0.2) is 19.7 Å². The van der Waals surface area contributed by atoms with Gasteiger partial charge in [-0.15, -0.1) is 10.2 Å². The number of fused-ring (bicyclic) bond motifs is 1. The molecule has 4 aromatic rings. The first-order valence-corrected chi connectivity index (χ1v) is 10.0. The summed E-state index contributed by atoms with van der Waals surface area (Å²) < 4.78 is 15.5. The Morgan fingerprint density at radius 1 is 1.11 bits per heavy atom. The van der Waals surface area contributed by atoms with Crippen molar-refractivity contribution in [3.63, 3.8) is 0 Å². The zero-order chi connectivity index (χ0) is 18.4. The SMILES string of the molecule is C[C@@H](Sc1nnc(-c2c[nH]c3ccccc23)n1C1CC1)c1ccc(F)cc1. The predicted molar refractivity (Wildman–Crippen MR) is 106 cm³/mol. The van der Waals surface area contributed by atoms with Gasteiger partial charge in [0.25, 0.3) is 0 Å². The minimum Gasteiger partial charge on any atom is -0.360 e. The van der Waals surface area contributed by atoms with E-state index < -0.39 is 0 Å². The molecule has 6 heteroatoms. The largest absolute Gasteiger partial charge is 0.360 e. The quantitative estimate of drug-likeness (QED) is 0.450. The molecule has 0 radical (unpaired) electrons. The van der Waals surface area contributed by atoms with Crippen LogP contribution in [0.3, 0.4) is 0 Å². The van der Waals surface area contributed by atoms with Crippen LogP contribution >= 0.6 is 11.8 Å². The molecule has 1 aliphatic rings. The van der Waals surface area contributed by atoms with Gasteiger partial charge >= 0.3 is 0 Å². The molecule has 1 fully saturated rings. The lowest BCUT2D eigenvalue weighted by atomic mass is 10.1. The molecule has 2 aromatic heterocycles. The number of hydrogen-bond donors (Lipinski definition) is 1. The maximum atomic E-state index is 13.2. The lowest BCUT2D eigenvalue weighted by Gasteiger charge is -2.13. The summed E-state index contributed by atoms with van der Waals surface area (Å²) in [6, 6.07) is 15.4. The normalized spacial score (nSPS) is 15.3. The number of benzene rings is 2. The zero-order valence-electron chi connectivity index (χ0n) is 14.9. The minimum absolute atomic E-state index is 0.170. The smallest absolute Gasteiger partial charge is 0.192 e. The van der Waals surface area contributed by atoms with Gasteiger partial charge in [0.15, 0.2) is 11.0 Å². The molecule has 0 saturated heterocycles. The van der Waals surface area contributed by atoms with Gasteiger partial charge in [0.2, 0.25) is 0 Å². The average molecular weight is 378 g/mol. The highest BCUT2D eigenvalue weighted by Gasteiger charge is 2.31. The molecule has 1 saturated carbocycles. The summed E-state index contributed by atoms with van der Waals surface area (Å²) in [6.07, 6.45) is 4.34. The number of aromatic amines is 1. The molecule has 1 N–H and O–H groups in total. The van der Waals surface area contributed by atoms with E-state index in [1.54, 1.807) is 11.8 Å². The third-order valence-electron chi connectivity index (χ3n) is 5.03. The van der Waals surface area contributed by atoms with Crippen molar-refractivity contribution < 1.29 is 4.39 Å². The fraction of sp³-hybridized carbons (Fsp3) is 0.238. The lowest BCUT2D eigenvalue weighted by molar-refractivity contribution is 0.627. The highest BCUT2D eigenvalue weighted by molar-refractivity contribution is 7.99. The van der Waals surface area contributed by atoms with Crippen LogP contribution in [0.2, 0.25) is 0 Å².